The van der Waals surface area contributed by atoms with Crippen LogP contribution in [0.1, 0.15) is 71.1 Å². The molecule has 1 heterocycles. The third-order valence-electron chi connectivity index (χ3n) is 5.39. The molecule has 0 spiro atoms. The summed E-state index contributed by atoms with van der Waals surface area (Å²) in [6, 6.07) is 0. The smallest absolute Gasteiger partial charge is 0.409 e. The topological polar surface area (TPSA) is 49.9 Å². The van der Waals surface area contributed by atoms with Gasteiger partial charge in [-0.2, -0.15) is 0 Å². The van der Waals surface area contributed by atoms with Crippen molar-refractivity contribution in [1.82, 2.24) is 9.80 Å². The predicted molar refractivity (Wildman–Crippen MR) is 94.8 cm³/mol. The summed E-state index contributed by atoms with van der Waals surface area (Å²) in [5, 5.41) is 0. The lowest BCUT2D eigenvalue weighted by Crippen LogP contribution is -2.50. The molecule has 1 saturated heterocycles. The second kappa shape index (κ2) is 10.6. The maximum atomic E-state index is 12.3. The molecule has 2 amide bonds. The number of unbranched alkanes of at least 4 members (excludes halogenated alkanes) is 2. The van der Waals surface area contributed by atoms with Gasteiger partial charge in [0.2, 0.25) is 5.91 Å². The molecule has 0 aromatic rings. The van der Waals surface area contributed by atoms with Crippen LogP contribution in [0.5, 0.6) is 0 Å². The lowest BCUT2D eigenvalue weighted by Gasteiger charge is -2.34. The van der Waals surface area contributed by atoms with E-state index in [1.165, 1.54) is 51.4 Å². The number of hydrogen-bond acceptors (Lipinski definition) is 3. The number of amides is 2. The van der Waals surface area contributed by atoms with Crippen LogP contribution in [0, 0.1) is 5.92 Å². The summed E-state index contributed by atoms with van der Waals surface area (Å²) in [4.78, 5) is 27.5. The van der Waals surface area contributed by atoms with Crippen LogP contribution in [0.2, 0.25) is 0 Å². The quantitative estimate of drug-likeness (QED) is 0.663. The Kier molecular flexibility index (Phi) is 8.40. The van der Waals surface area contributed by atoms with Crippen molar-refractivity contribution in [3.8, 4) is 0 Å². The average molecular weight is 338 g/mol. The third-order valence-corrected chi connectivity index (χ3v) is 5.39. The molecule has 138 valence electrons. The molecular formula is C19H34N2O3. The standard InChI is InChI=1S/C19H34N2O3/c1-2-24-19(23)21-15-13-20(14-16-21)18(22)12-8-4-7-11-17-9-5-3-6-10-17/h17H,2-16H2,1H3. The van der Waals surface area contributed by atoms with Gasteiger partial charge in [-0.1, -0.05) is 51.4 Å². The zero-order valence-electron chi connectivity index (χ0n) is 15.3. The molecule has 2 rings (SSSR count). The number of hydrogen-bond donors (Lipinski definition) is 0. The van der Waals surface area contributed by atoms with Crippen LogP contribution in [-0.2, 0) is 9.53 Å². The first-order valence-electron chi connectivity index (χ1n) is 9.90. The van der Waals surface area contributed by atoms with E-state index in [2.05, 4.69) is 0 Å². The van der Waals surface area contributed by atoms with Crippen LogP contribution in [-0.4, -0.2) is 54.6 Å². The molecule has 5 heteroatoms. The first-order valence-corrected chi connectivity index (χ1v) is 9.90. The van der Waals surface area contributed by atoms with Crippen molar-refractivity contribution in [2.24, 2.45) is 5.92 Å². The Morgan fingerprint density at radius 1 is 0.917 bits per heavy atom. The van der Waals surface area contributed by atoms with E-state index in [4.69, 9.17) is 4.74 Å². The van der Waals surface area contributed by atoms with Crippen molar-refractivity contribution in [3.05, 3.63) is 0 Å². The van der Waals surface area contributed by atoms with Gasteiger partial charge >= 0.3 is 6.09 Å². The number of ether oxygens (including phenoxy) is 1. The van der Waals surface area contributed by atoms with E-state index in [1.807, 2.05) is 11.8 Å². The van der Waals surface area contributed by atoms with Crippen molar-refractivity contribution < 1.29 is 14.3 Å². The molecule has 0 unspecified atom stereocenters. The minimum Gasteiger partial charge on any atom is -0.450 e. The molecule has 1 aliphatic heterocycles. The van der Waals surface area contributed by atoms with Crippen molar-refractivity contribution >= 4 is 12.0 Å². The van der Waals surface area contributed by atoms with Crippen LogP contribution >= 0.6 is 0 Å². The Bertz CT molecular complexity index is 386. The highest BCUT2D eigenvalue weighted by atomic mass is 16.6. The summed E-state index contributed by atoms with van der Waals surface area (Å²) in [7, 11) is 0. The Balaban J connectivity index is 1.52. The maximum Gasteiger partial charge on any atom is 0.409 e. The van der Waals surface area contributed by atoms with Crippen molar-refractivity contribution in [2.45, 2.75) is 71.1 Å². The molecular weight excluding hydrogens is 304 g/mol. The van der Waals surface area contributed by atoms with Gasteiger partial charge in [0, 0.05) is 32.6 Å². The van der Waals surface area contributed by atoms with Crippen LogP contribution in [0.25, 0.3) is 0 Å². The zero-order valence-corrected chi connectivity index (χ0v) is 15.3. The Morgan fingerprint density at radius 2 is 1.58 bits per heavy atom. The Labute approximate surface area is 146 Å². The summed E-state index contributed by atoms with van der Waals surface area (Å²) in [6.07, 6.45) is 12.3. The average Bonchev–Trinajstić information content (AvgIpc) is 2.62. The third kappa shape index (κ3) is 6.33. The molecule has 24 heavy (non-hydrogen) atoms. The number of nitrogens with zero attached hydrogens (tertiary/aromatic N) is 2. The minimum absolute atomic E-state index is 0.246. The minimum atomic E-state index is -0.257. The molecule has 5 nitrogen and oxygen atoms in total. The van der Waals surface area contributed by atoms with E-state index >= 15 is 0 Å². The second-order valence-corrected chi connectivity index (χ2v) is 7.17. The van der Waals surface area contributed by atoms with E-state index in [-0.39, 0.29) is 12.0 Å². The van der Waals surface area contributed by atoms with Gasteiger partial charge < -0.3 is 14.5 Å². The largest absolute Gasteiger partial charge is 0.450 e. The van der Waals surface area contributed by atoms with Gasteiger partial charge in [-0.05, 0) is 19.3 Å². The Morgan fingerprint density at radius 3 is 2.25 bits per heavy atom. The lowest BCUT2D eigenvalue weighted by atomic mass is 9.85. The molecule has 0 atom stereocenters. The van der Waals surface area contributed by atoms with Crippen LogP contribution in [0.4, 0.5) is 4.79 Å². The van der Waals surface area contributed by atoms with Gasteiger partial charge in [0.1, 0.15) is 0 Å². The van der Waals surface area contributed by atoms with Crippen molar-refractivity contribution in [1.29, 1.82) is 0 Å². The van der Waals surface area contributed by atoms with Crippen LogP contribution in [0.3, 0.4) is 0 Å². The molecule has 1 saturated carbocycles. The number of rotatable bonds is 7. The fraction of sp³-hybridized carbons (Fsp3) is 0.895. The summed E-state index contributed by atoms with van der Waals surface area (Å²) < 4.78 is 5.00. The number of piperazine rings is 1. The van der Waals surface area contributed by atoms with Gasteiger partial charge in [-0.15, -0.1) is 0 Å². The lowest BCUT2D eigenvalue weighted by molar-refractivity contribution is -0.132. The first-order chi connectivity index (χ1) is 11.7. The predicted octanol–water partition coefficient (Wildman–Crippen LogP) is 3.82. The number of carbonyl (C=O) groups excluding carboxylic acids is 2. The molecule has 1 aliphatic carbocycles. The van der Waals surface area contributed by atoms with Crippen molar-refractivity contribution in [2.75, 3.05) is 32.8 Å². The molecule has 2 fully saturated rings. The zero-order chi connectivity index (χ0) is 17.2. The van der Waals surface area contributed by atoms with Gasteiger partial charge in [-0.3, -0.25) is 4.79 Å². The molecule has 0 N–H and O–H groups in total. The van der Waals surface area contributed by atoms with Gasteiger partial charge in [0.15, 0.2) is 0 Å². The Hall–Kier alpha value is -1.26. The molecule has 0 radical (unpaired) electrons. The van der Waals surface area contributed by atoms with Gasteiger partial charge in [0.05, 0.1) is 6.61 Å². The summed E-state index contributed by atoms with van der Waals surface area (Å²) in [5.74, 6) is 1.20. The van der Waals surface area contributed by atoms with Crippen molar-refractivity contribution in [3.63, 3.8) is 0 Å². The van der Waals surface area contributed by atoms with E-state index in [9.17, 15) is 9.59 Å². The highest BCUT2D eigenvalue weighted by Crippen LogP contribution is 2.28. The van der Waals surface area contributed by atoms with E-state index in [0.717, 1.165) is 12.3 Å². The maximum absolute atomic E-state index is 12.3. The summed E-state index contributed by atoms with van der Waals surface area (Å²) in [6.45, 7) is 4.67. The fourth-order valence-electron chi connectivity index (χ4n) is 3.87. The van der Waals surface area contributed by atoms with E-state index < -0.39 is 0 Å². The van der Waals surface area contributed by atoms with E-state index in [1.54, 1.807) is 4.90 Å². The molecule has 0 aromatic heterocycles. The second-order valence-electron chi connectivity index (χ2n) is 7.17. The number of carbonyl (C=O) groups is 2. The molecule has 0 bridgehead atoms. The molecule has 0 aromatic carbocycles. The van der Waals surface area contributed by atoms with Crippen LogP contribution < -0.4 is 0 Å². The monoisotopic (exact) mass is 338 g/mol. The van der Waals surface area contributed by atoms with Gasteiger partial charge in [-0.25, -0.2) is 4.79 Å². The summed E-state index contributed by atoms with van der Waals surface area (Å²) >= 11 is 0. The van der Waals surface area contributed by atoms with Gasteiger partial charge in [0.25, 0.3) is 0 Å². The highest BCUT2D eigenvalue weighted by Gasteiger charge is 2.24. The normalized spacial score (nSPS) is 19.4. The SMILES string of the molecule is CCOC(=O)N1CCN(C(=O)CCCCCC2CCCCC2)CC1. The molecule has 2 aliphatic rings. The van der Waals surface area contributed by atoms with Crippen LogP contribution in [0.15, 0.2) is 0 Å². The first kappa shape index (κ1) is 19.1. The fourth-order valence-corrected chi connectivity index (χ4v) is 3.87. The van der Waals surface area contributed by atoms with E-state index in [0.29, 0.717) is 39.2 Å². The highest BCUT2D eigenvalue weighted by molar-refractivity contribution is 5.76. The summed E-state index contributed by atoms with van der Waals surface area (Å²) in [5.41, 5.74) is 0.